The molecule has 0 N–H and O–H groups in total. The molecule has 0 bridgehead atoms. The third-order valence-corrected chi connectivity index (χ3v) is 3.19. The molecule has 0 saturated heterocycles. The normalized spacial score (nSPS) is 10.5. The van der Waals surface area contributed by atoms with Gasteiger partial charge < -0.3 is 9.47 Å². The maximum absolute atomic E-state index is 12.5. The molecule has 0 spiro atoms. The number of ether oxygens (including phenoxy) is 2. The molecule has 0 amide bonds. The predicted molar refractivity (Wildman–Crippen MR) is 88.3 cm³/mol. The lowest BCUT2D eigenvalue weighted by Crippen LogP contribution is -2.15. The summed E-state index contributed by atoms with van der Waals surface area (Å²) in [5.74, 6) is 0.0206. The second-order valence-corrected chi connectivity index (χ2v) is 5.61. The van der Waals surface area contributed by atoms with Crippen LogP contribution in [-0.2, 0) is 0 Å². The lowest BCUT2D eigenvalue weighted by molar-refractivity contribution is 0.0726. The van der Waals surface area contributed by atoms with E-state index in [1.807, 2.05) is 20.8 Å². The molecule has 2 aromatic rings. The van der Waals surface area contributed by atoms with E-state index in [2.05, 4.69) is 0 Å². The Labute approximate surface area is 136 Å². The highest BCUT2D eigenvalue weighted by Gasteiger charge is 2.18. The number of ketones is 1. The SMILES string of the molecule is CC(=O)c1cc(C)ccc1OC(=O)c1ccccc1OC(C)C. The average molecular weight is 312 g/mol. The van der Waals surface area contributed by atoms with Gasteiger partial charge in [0.05, 0.1) is 11.7 Å². The second-order valence-electron chi connectivity index (χ2n) is 5.61. The Bertz CT molecular complexity index is 732. The van der Waals surface area contributed by atoms with Crippen molar-refractivity contribution in [3.05, 3.63) is 59.2 Å². The van der Waals surface area contributed by atoms with Crippen LogP contribution in [0.2, 0.25) is 0 Å². The Morgan fingerprint density at radius 2 is 1.65 bits per heavy atom. The van der Waals surface area contributed by atoms with Crippen LogP contribution < -0.4 is 9.47 Å². The van der Waals surface area contributed by atoms with Crippen LogP contribution in [-0.4, -0.2) is 17.9 Å². The largest absolute Gasteiger partial charge is 0.490 e. The fourth-order valence-corrected chi connectivity index (χ4v) is 2.15. The molecule has 2 aromatic carbocycles. The number of esters is 1. The molecule has 0 aliphatic carbocycles. The summed E-state index contributed by atoms with van der Waals surface area (Å²) in [6.07, 6.45) is -0.0592. The van der Waals surface area contributed by atoms with Gasteiger partial charge in [-0.1, -0.05) is 23.8 Å². The highest BCUT2D eigenvalue weighted by atomic mass is 16.5. The van der Waals surface area contributed by atoms with Gasteiger partial charge >= 0.3 is 5.97 Å². The number of aryl methyl sites for hydroxylation is 1. The summed E-state index contributed by atoms with van der Waals surface area (Å²) >= 11 is 0. The monoisotopic (exact) mass is 312 g/mol. The molecule has 120 valence electrons. The van der Waals surface area contributed by atoms with Crippen molar-refractivity contribution in [2.45, 2.75) is 33.8 Å². The zero-order valence-corrected chi connectivity index (χ0v) is 13.8. The van der Waals surface area contributed by atoms with Crippen molar-refractivity contribution in [1.82, 2.24) is 0 Å². The number of hydrogen-bond donors (Lipinski definition) is 0. The fourth-order valence-electron chi connectivity index (χ4n) is 2.15. The van der Waals surface area contributed by atoms with Gasteiger partial charge in [-0.3, -0.25) is 4.79 Å². The molecule has 0 atom stereocenters. The first-order chi connectivity index (χ1) is 10.9. The van der Waals surface area contributed by atoms with Gasteiger partial charge in [0, 0.05) is 0 Å². The summed E-state index contributed by atoms with van der Waals surface area (Å²) in [5.41, 5.74) is 1.65. The second kappa shape index (κ2) is 7.09. The van der Waals surface area contributed by atoms with Crippen molar-refractivity contribution in [2.24, 2.45) is 0 Å². The lowest BCUT2D eigenvalue weighted by Gasteiger charge is -2.14. The fraction of sp³-hybridized carbons (Fsp3) is 0.263. The first-order valence-corrected chi connectivity index (χ1v) is 7.48. The van der Waals surface area contributed by atoms with Crippen molar-refractivity contribution < 1.29 is 19.1 Å². The van der Waals surface area contributed by atoms with Crippen LogP contribution >= 0.6 is 0 Å². The number of Topliss-reactive ketones (excluding diaryl/α,β-unsaturated/α-hetero) is 1. The van der Waals surface area contributed by atoms with Crippen molar-refractivity contribution >= 4 is 11.8 Å². The molecule has 4 nitrogen and oxygen atoms in total. The first-order valence-electron chi connectivity index (χ1n) is 7.48. The number of carbonyl (C=O) groups excluding carboxylic acids is 2. The van der Waals surface area contributed by atoms with Gasteiger partial charge in [0.2, 0.25) is 0 Å². The maximum Gasteiger partial charge on any atom is 0.347 e. The molecule has 0 heterocycles. The smallest absolute Gasteiger partial charge is 0.347 e. The van der Waals surface area contributed by atoms with E-state index >= 15 is 0 Å². The minimum absolute atomic E-state index is 0.0592. The number of carbonyl (C=O) groups is 2. The molecule has 2 rings (SSSR count). The molecular formula is C19H20O4. The van der Waals surface area contributed by atoms with Crippen LogP contribution in [0, 0.1) is 6.92 Å². The number of benzene rings is 2. The van der Waals surface area contributed by atoms with Gasteiger partial charge in [0.15, 0.2) is 5.78 Å². The summed E-state index contributed by atoms with van der Waals surface area (Å²) in [6, 6.07) is 12.0. The van der Waals surface area contributed by atoms with Gasteiger partial charge in [0.1, 0.15) is 17.1 Å². The van der Waals surface area contributed by atoms with Crippen LogP contribution in [0.25, 0.3) is 0 Å². The van der Waals surface area contributed by atoms with E-state index in [1.54, 1.807) is 42.5 Å². The third-order valence-electron chi connectivity index (χ3n) is 3.19. The van der Waals surface area contributed by atoms with E-state index in [9.17, 15) is 9.59 Å². The van der Waals surface area contributed by atoms with E-state index in [1.165, 1.54) is 6.92 Å². The van der Waals surface area contributed by atoms with Gasteiger partial charge in [-0.05, 0) is 52.0 Å². The van der Waals surface area contributed by atoms with Crippen molar-refractivity contribution in [1.29, 1.82) is 0 Å². The third kappa shape index (κ3) is 4.19. The topological polar surface area (TPSA) is 52.6 Å². The molecule has 23 heavy (non-hydrogen) atoms. The Balaban J connectivity index is 2.32. The van der Waals surface area contributed by atoms with Crippen LogP contribution in [0.1, 0.15) is 47.1 Å². The molecule has 0 aliphatic rings. The lowest BCUT2D eigenvalue weighted by atomic mass is 10.1. The Morgan fingerprint density at radius 1 is 0.957 bits per heavy atom. The summed E-state index contributed by atoms with van der Waals surface area (Å²) in [5, 5.41) is 0. The van der Waals surface area contributed by atoms with E-state index in [0.29, 0.717) is 16.9 Å². The molecule has 4 heteroatoms. The predicted octanol–water partition coefficient (Wildman–Crippen LogP) is 4.20. The molecule has 0 aliphatic heterocycles. The van der Waals surface area contributed by atoms with E-state index in [4.69, 9.17) is 9.47 Å². The average Bonchev–Trinajstić information content (AvgIpc) is 2.48. The summed E-state index contributed by atoms with van der Waals surface area (Å²) < 4.78 is 11.1. The molecule has 0 saturated carbocycles. The van der Waals surface area contributed by atoms with Crippen molar-refractivity contribution in [3.63, 3.8) is 0 Å². The number of rotatable bonds is 5. The van der Waals surface area contributed by atoms with Crippen LogP contribution in [0.15, 0.2) is 42.5 Å². The van der Waals surface area contributed by atoms with Gasteiger partial charge in [-0.2, -0.15) is 0 Å². The summed E-state index contributed by atoms with van der Waals surface area (Å²) in [7, 11) is 0. The first kappa shape index (κ1) is 16.7. The quantitative estimate of drug-likeness (QED) is 0.471. The maximum atomic E-state index is 12.5. The molecule has 0 aromatic heterocycles. The Morgan fingerprint density at radius 3 is 2.30 bits per heavy atom. The van der Waals surface area contributed by atoms with Gasteiger partial charge in [-0.25, -0.2) is 4.79 Å². The van der Waals surface area contributed by atoms with Gasteiger partial charge in [0.25, 0.3) is 0 Å². The Kier molecular flexibility index (Phi) is 5.16. The summed E-state index contributed by atoms with van der Waals surface area (Å²) in [4.78, 5) is 24.2. The van der Waals surface area contributed by atoms with Crippen LogP contribution in [0.3, 0.4) is 0 Å². The number of hydrogen-bond acceptors (Lipinski definition) is 4. The van der Waals surface area contributed by atoms with E-state index in [0.717, 1.165) is 5.56 Å². The van der Waals surface area contributed by atoms with Gasteiger partial charge in [-0.15, -0.1) is 0 Å². The van der Waals surface area contributed by atoms with Crippen molar-refractivity contribution in [3.8, 4) is 11.5 Å². The highest BCUT2D eigenvalue weighted by Crippen LogP contribution is 2.25. The van der Waals surface area contributed by atoms with Crippen LogP contribution in [0.4, 0.5) is 0 Å². The molecule has 0 radical (unpaired) electrons. The highest BCUT2D eigenvalue weighted by molar-refractivity contribution is 5.99. The minimum Gasteiger partial charge on any atom is -0.490 e. The molecular weight excluding hydrogens is 292 g/mol. The van der Waals surface area contributed by atoms with E-state index < -0.39 is 5.97 Å². The summed E-state index contributed by atoms with van der Waals surface area (Å²) in [6.45, 7) is 7.09. The zero-order valence-electron chi connectivity index (χ0n) is 13.8. The Hall–Kier alpha value is -2.62. The minimum atomic E-state index is -0.549. The standard InChI is InChI=1S/C19H20O4/c1-12(2)22-17-8-6-5-7-15(17)19(21)23-18-10-9-13(3)11-16(18)14(4)20/h5-12H,1-4H3. The zero-order chi connectivity index (χ0) is 17.0. The van der Waals surface area contributed by atoms with E-state index in [-0.39, 0.29) is 17.6 Å². The van der Waals surface area contributed by atoms with Crippen LogP contribution in [0.5, 0.6) is 11.5 Å². The molecule has 0 fully saturated rings. The molecule has 0 unspecified atom stereocenters. The number of para-hydroxylation sites is 1. The van der Waals surface area contributed by atoms with Crippen molar-refractivity contribution in [2.75, 3.05) is 0 Å².